The Morgan fingerprint density at radius 3 is 0.637 bits per heavy atom. The lowest BCUT2D eigenvalue weighted by Gasteiger charge is -2.26. The number of carbonyl (C=O) groups is 4. The zero-order chi connectivity index (χ0) is 54.4. The van der Waals surface area contributed by atoms with E-state index in [0.29, 0.717) is 22.3 Å². The molecule has 10 aromatic rings. The van der Waals surface area contributed by atoms with Crippen molar-refractivity contribution in [3.8, 4) is 0 Å². The monoisotopic (exact) mass is 1030 g/mol. The summed E-state index contributed by atoms with van der Waals surface area (Å²) in [4.78, 5) is 66.2. The Balaban J connectivity index is 0.947. The van der Waals surface area contributed by atoms with Gasteiger partial charge in [-0.15, -0.1) is 0 Å². The van der Waals surface area contributed by atoms with Crippen LogP contribution in [0.25, 0.3) is 46.6 Å². The lowest BCUT2D eigenvalue weighted by atomic mass is 9.95. The summed E-state index contributed by atoms with van der Waals surface area (Å²) in [6, 6.07) is 89.2. The number of hydrogen-bond donors (Lipinski definition) is 0. The fourth-order valence-corrected chi connectivity index (χ4v) is 10.3. The van der Waals surface area contributed by atoms with Gasteiger partial charge in [-0.1, -0.05) is 231 Å². The molecule has 8 heteroatoms. The quantitative estimate of drug-likeness (QED) is 0.0752. The molecule has 0 N–H and O–H groups in total. The number of imide groups is 2. The molecule has 8 nitrogen and oxygen atoms in total. The highest BCUT2D eigenvalue weighted by Crippen LogP contribution is 2.44. The van der Waals surface area contributed by atoms with Crippen LogP contribution in [0.1, 0.15) is 44.5 Å². The van der Waals surface area contributed by atoms with Crippen molar-refractivity contribution in [2.75, 3.05) is 9.80 Å². The number of amides is 4. The molecule has 0 fully saturated rings. The van der Waals surface area contributed by atoms with E-state index in [1.54, 1.807) is 48.5 Å². The highest BCUT2D eigenvalue weighted by Gasteiger charge is 2.52. The van der Waals surface area contributed by atoms with E-state index in [1.807, 2.05) is 255 Å². The van der Waals surface area contributed by atoms with Crippen molar-refractivity contribution in [3.63, 3.8) is 0 Å². The molecule has 0 atom stereocenters. The van der Waals surface area contributed by atoms with Crippen LogP contribution in [-0.4, -0.2) is 33.6 Å². The minimum absolute atomic E-state index is 0.0523. The third-order valence-corrected chi connectivity index (χ3v) is 14.1. The predicted molar refractivity (Wildman–Crippen MR) is 323 cm³/mol. The SMILES string of the molecule is O=C1C(c2ccc(/C=C/c3ccccc3)cc2)=C(c2ccc(N(c3ccccc3)c3ccccc3)cc2)C(=O)N1N1C(=O)C(c2ccc(/C=C/c3ccccc3)cc2)=C(c2ccc(N(c3ccccc3)c3ccccc3)cc2)C1=O. The largest absolute Gasteiger partial charge is 0.311 e. The zero-order valence-electron chi connectivity index (χ0n) is 43.3. The predicted octanol–water partition coefficient (Wildman–Crippen LogP) is 16.1. The fourth-order valence-electron chi connectivity index (χ4n) is 10.3. The van der Waals surface area contributed by atoms with Crippen LogP contribution in [0.3, 0.4) is 0 Å². The van der Waals surface area contributed by atoms with Crippen LogP contribution in [0.2, 0.25) is 0 Å². The van der Waals surface area contributed by atoms with E-state index in [4.69, 9.17) is 0 Å². The number of hydrogen-bond acceptors (Lipinski definition) is 6. The van der Waals surface area contributed by atoms with Gasteiger partial charge in [0.05, 0.1) is 22.3 Å². The van der Waals surface area contributed by atoms with Gasteiger partial charge in [-0.2, -0.15) is 10.0 Å². The average molecular weight is 1040 g/mol. The fraction of sp³-hybridized carbons (Fsp3) is 0. The Morgan fingerprint density at radius 1 is 0.212 bits per heavy atom. The van der Waals surface area contributed by atoms with Gasteiger partial charge in [0.25, 0.3) is 23.6 Å². The topological polar surface area (TPSA) is 81.2 Å². The Hall–Kier alpha value is -11.0. The van der Waals surface area contributed by atoms with E-state index in [1.165, 1.54) is 0 Å². The van der Waals surface area contributed by atoms with Crippen LogP contribution in [0.4, 0.5) is 34.1 Å². The zero-order valence-corrected chi connectivity index (χ0v) is 43.3. The number of carbonyl (C=O) groups excluding carboxylic acids is 4. The van der Waals surface area contributed by atoms with Crippen LogP contribution >= 0.6 is 0 Å². The number of hydrazine groups is 1. The van der Waals surface area contributed by atoms with Crippen LogP contribution in [0.15, 0.2) is 279 Å². The molecule has 80 heavy (non-hydrogen) atoms. The molecule has 2 aliphatic heterocycles. The summed E-state index contributed by atoms with van der Waals surface area (Å²) in [5, 5.41) is 1.47. The van der Waals surface area contributed by atoms with Gasteiger partial charge < -0.3 is 9.80 Å². The molecule has 4 amide bonds. The molecule has 2 aliphatic rings. The molecule has 2 heterocycles. The van der Waals surface area contributed by atoms with Crippen LogP contribution < -0.4 is 9.80 Å². The second kappa shape index (κ2) is 22.3. The van der Waals surface area contributed by atoms with Crippen LogP contribution in [0, 0.1) is 0 Å². The maximum absolute atomic E-state index is 15.5. The van der Waals surface area contributed by atoms with Crippen molar-refractivity contribution in [2.45, 2.75) is 0 Å². The first-order valence-corrected chi connectivity index (χ1v) is 26.3. The molecule has 382 valence electrons. The van der Waals surface area contributed by atoms with Crippen molar-refractivity contribution in [1.82, 2.24) is 10.0 Å². The van der Waals surface area contributed by atoms with E-state index < -0.39 is 23.6 Å². The summed E-state index contributed by atoms with van der Waals surface area (Å²) in [6.45, 7) is 0. The molecular weight excluding hydrogens is 985 g/mol. The van der Waals surface area contributed by atoms with E-state index in [-0.39, 0.29) is 22.3 Å². The van der Waals surface area contributed by atoms with Gasteiger partial charge in [0.15, 0.2) is 0 Å². The van der Waals surface area contributed by atoms with Crippen molar-refractivity contribution in [2.24, 2.45) is 0 Å². The maximum atomic E-state index is 15.5. The normalized spacial score (nSPS) is 13.6. The number of para-hydroxylation sites is 4. The first-order chi connectivity index (χ1) is 39.4. The van der Waals surface area contributed by atoms with Crippen molar-refractivity contribution < 1.29 is 19.2 Å². The van der Waals surface area contributed by atoms with Crippen molar-refractivity contribution in [3.05, 3.63) is 324 Å². The number of anilines is 6. The number of rotatable bonds is 15. The second-order valence-electron chi connectivity index (χ2n) is 19.2. The molecule has 10 aromatic carbocycles. The van der Waals surface area contributed by atoms with E-state index in [0.717, 1.165) is 66.4 Å². The summed E-state index contributed by atoms with van der Waals surface area (Å²) in [5.41, 5.74) is 11.1. The lowest BCUT2D eigenvalue weighted by Crippen LogP contribution is -2.51. The molecule has 0 spiro atoms. The van der Waals surface area contributed by atoms with Gasteiger partial charge in [-0.05, 0) is 117 Å². The Bertz CT molecular complexity index is 3670. The molecular formula is C72H50N4O4. The summed E-state index contributed by atoms with van der Waals surface area (Å²) in [6.07, 6.45) is 7.95. The highest BCUT2D eigenvalue weighted by atomic mass is 16.2. The Kier molecular flexibility index (Phi) is 13.9. The van der Waals surface area contributed by atoms with Crippen LogP contribution in [-0.2, 0) is 19.2 Å². The first-order valence-electron chi connectivity index (χ1n) is 26.3. The number of benzene rings is 10. The van der Waals surface area contributed by atoms with E-state index >= 15 is 19.2 Å². The maximum Gasteiger partial charge on any atom is 0.281 e. The Morgan fingerprint density at radius 2 is 0.400 bits per heavy atom. The highest BCUT2D eigenvalue weighted by molar-refractivity contribution is 6.54. The number of nitrogens with zero attached hydrogens (tertiary/aromatic N) is 4. The summed E-state index contributed by atoms with van der Waals surface area (Å²) in [5.74, 6) is -3.24. The third-order valence-electron chi connectivity index (χ3n) is 14.1. The van der Waals surface area contributed by atoms with Gasteiger partial charge in [-0.25, -0.2) is 0 Å². The minimum Gasteiger partial charge on any atom is -0.311 e. The van der Waals surface area contributed by atoms with Crippen molar-refractivity contribution >= 4 is 104 Å². The first kappa shape index (κ1) is 49.9. The van der Waals surface area contributed by atoms with Gasteiger partial charge in [0.2, 0.25) is 0 Å². The second-order valence-corrected chi connectivity index (χ2v) is 19.2. The minimum atomic E-state index is -0.811. The molecule has 0 saturated heterocycles. The van der Waals surface area contributed by atoms with Gasteiger partial charge in [0, 0.05) is 34.1 Å². The molecule has 0 radical (unpaired) electrons. The van der Waals surface area contributed by atoms with Gasteiger partial charge >= 0.3 is 0 Å². The smallest absolute Gasteiger partial charge is 0.281 e. The molecule has 0 unspecified atom stereocenters. The van der Waals surface area contributed by atoms with E-state index in [2.05, 4.69) is 9.80 Å². The average Bonchev–Trinajstić information content (AvgIpc) is 3.94. The summed E-state index contributed by atoms with van der Waals surface area (Å²) < 4.78 is 0. The van der Waals surface area contributed by atoms with Crippen LogP contribution in [0.5, 0.6) is 0 Å². The summed E-state index contributed by atoms with van der Waals surface area (Å²) in [7, 11) is 0. The molecule has 0 aromatic heterocycles. The van der Waals surface area contributed by atoms with Crippen molar-refractivity contribution in [1.29, 1.82) is 0 Å². The standard InChI is InChI=1S/C72H50N4O4/c77-69-65(55-39-35-53(36-40-55)33-31-51-19-7-1-8-20-51)67(57-43-47-63(48-44-57)73(59-23-11-3-12-24-59)60-25-13-4-14-26-60)71(79)75(69)76-70(78)66(56-41-37-54(38-42-56)34-32-52-21-9-2-10-22-52)68(72(76)80)58-45-49-64(50-46-58)74(61-27-15-5-16-28-61)62-29-17-6-18-30-62/h1-50H/b33-31+,34-32+. The lowest BCUT2D eigenvalue weighted by molar-refractivity contribution is -0.168. The summed E-state index contributed by atoms with van der Waals surface area (Å²) >= 11 is 0. The van der Waals surface area contributed by atoms with E-state index in [9.17, 15) is 0 Å². The molecule has 0 saturated carbocycles. The van der Waals surface area contributed by atoms with Gasteiger partial charge in [0.1, 0.15) is 0 Å². The molecule has 0 aliphatic carbocycles. The third kappa shape index (κ3) is 9.99. The molecule has 12 rings (SSSR count). The molecule has 0 bridgehead atoms. The Labute approximate surface area is 464 Å². The van der Waals surface area contributed by atoms with Gasteiger partial charge in [-0.3, -0.25) is 19.2 Å².